The quantitative estimate of drug-likeness (QED) is 0.338. The standard InChI is InChI=1S/C14H18O10/c1-22-13(21)5-2-6(16)12(7(17)3-5)24-14-11(20)10(19)9(18)8(4-15)23-14/h2-3,8-11,14-20H,4H2,1H3/t8-,9-,10+,11-,14-/m1/s1. The van der Waals surface area contributed by atoms with Crippen molar-refractivity contribution < 1.29 is 49.6 Å². The molecule has 1 fully saturated rings. The molecule has 0 radical (unpaired) electrons. The summed E-state index contributed by atoms with van der Waals surface area (Å²) in [5, 5.41) is 58.1. The summed E-state index contributed by atoms with van der Waals surface area (Å²) >= 11 is 0. The van der Waals surface area contributed by atoms with E-state index in [1.807, 2.05) is 0 Å². The third-order valence-corrected chi connectivity index (χ3v) is 3.55. The summed E-state index contributed by atoms with van der Waals surface area (Å²) in [5.41, 5.74) is -0.145. The molecule has 10 nitrogen and oxygen atoms in total. The van der Waals surface area contributed by atoms with Gasteiger partial charge >= 0.3 is 5.97 Å². The smallest absolute Gasteiger partial charge is 0.338 e. The second-order valence-electron chi connectivity index (χ2n) is 5.15. The van der Waals surface area contributed by atoms with Crippen molar-refractivity contribution >= 4 is 5.97 Å². The van der Waals surface area contributed by atoms with Crippen molar-refractivity contribution in [1.82, 2.24) is 0 Å². The number of carbonyl (C=O) groups is 1. The molecular weight excluding hydrogens is 328 g/mol. The molecule has 1 aliphatic rings. The van der Waals surface area contributed by atoms with Gasteiger partial charge in [-0.3, -0.25) is 0 Å². The number of aromatic hydroxyl groups is 2. The molecule has 1 saturated heterocycles. The molecule has 0 spiro atoms. The summed E-state index contributed by atoms with van der Waals surface area (Å²) in [6.07, 6.45) is -7.79. The molecule has 0 aliphatic carbocycles. The zero-order chi connectivity index (χ0) is 18.0. The largest absolute Gasteiger partial charge is 0.504 e. The highest BCUT2D eigenvalue weighted by Gasteiger charge is 2.45. The second-order valence-corrected chi connectivity index (χ2v) is 5.15. The van der Waals surface area contributed by atoms with Gasteiger partial charge in [0.25, 0.3) is 0 Å². The number of hydrogen-bond acceptors (Lipinski definition) is 10. The van der Waals surface area contributed by atoms with Crippen molar-refractivity contribution in [1.29, 1.82) is 0 Å². The lowest BCUT2D eigenvalue weighted by Crippen LogP contribution is -2.60. The van der Waals surface area contributed by atoms with Gasteiger partial charge in [0, 0.05) is 0 Å². The topological polar surface area (TPSA) is 166 Å². The molecule has 5 atom stereocenters. The van der Waals surface area contributed by atoms with E-state index in [-0.39, 0.29) is 5.56 Å². The van der Waals surface area contributed by atoms with E-state index >= 15 is 0 Å². The van der Waals surface area contributed by atoms with E-state index in [0.29, 0.717) is 0 Å². The van der Waals surface area contributed by atoms with E-state index in [9.17, 15) is 30.3 Å². The second kappa shape index (κ2) is 7.20. The fourth-order valence-corrected chi connectivity index (χ4v) is 2.24. The number of carbonyl (C=O) groups excluding carboxylic acids is 1. The predicted molar refractivity (Wildman–Crippen MR) is 75.5 cm³/mol. The molecule has 0 bridgehead atoms. The van der Waals surface area contributed by atoms with E-state index in [1.54, 1.807) is 0 Å². The Hall–Kier alpha value is -2.11. The Bertz CT molecular complexity index is 578. The number of aliphatic hydroxyl groups is 4. The fourth-order valence-electron chi connectivity index (χ4n) is 2.24. The van der Waals surface area contributed by atoms with Gasteiger partial charge in [-0.05, 0) is 12.1 Å². The maximum Gasteiger partial charge on any atom is 0.338 e. The molecule has 1 aromatic rings. The minimum absolute atomic E-state index is 0.145. The van der Waals surface area contributed by atoms with Crippen LogP contribution in [0.2, 0.25) is 0 Å². The third-order valence-electron chi connectivity index (χ3n) is 3.55. The summed E-state index contributed by atoms with van der Waals surface area (Å²) in [6, 6.07) is 1.93. The van der Waals surface area contributed by atoms with E-state index in [0.717, 1.165) is 19.2 Å². The number of phenolic OH excluding ortho intramolecular Hbond substituents is 2. The van der Waals surface area contributed by atoms with Crippen LogP contribution in [0.25, 0.3) is 0 Å². The molecular formula is C14H18O10. The number of methoxy groups -OCH3 is 1. The molecule has 0 unspecified atom stereocenters. The van der Waals surface area contributed by atoms with Crippen molar-refractivity contribution in [2.45, 2.75) is 30.7 Å². The van der Waals surface area contributed by atoms with Gasteiger partial charge in [0.05, 0.1) is 19.3 Å². The van der Waals surface area contributed by atoms with Gasteiger partial charge in [-0.1, -0.05) is 0 Å². The Kier molecular flexibility index (Phi) is 5.47. The van der Waals surface area contributed by atoms with Crippen LogP contribution < -0.4 is 4.74 Å². The molecule has 1 heterocycles. The molecule has 1 aliphatic heterocycles. The Labute approximate surface area is 136 Å². The number of esters is 1. The monoisotopic (exact) mass is 346 g/mol. The lowest BCUT2D eigenvalue weighted by Gasteiger charge is -2.39. The van der Waals surface area contributed by atoms with Crippen LogP contribution in [-0.2, 0) is 9.47 Å². The summed E-state index contributed by atoms with van der Waals surface area (Å²) < 4.78 is 14.7. The number of phenols is 2. The van der Waals surface area contributed by atoms with Crippen molar-refractivity contribution in [3.63, 3.8) is 0 Å². The number of benzene rings is 1. The molecule has 10 heteroatoms. The normalized spacial score (nSPS) is 30.0. The molecule has 0 aromatic heterocycles. The Morgan fingerprint density at radius 3 is 2.21 bits per heavy atom. The zero-order valence-corrected chi connectivity index (χ0v) is 12.6. The Morgan fingerprint density at radius 1 is 1.12 bits per heavy atom. The third kappa shape index (κ3) is 3.37. The first-order valence-corrected chi connectivity index (χ1v) is 6.91. The first-order chi connectivity index (χ1) is 11.3. The molecule has 6 N–H and O–H groups in total. The van der Waals surface area contributed by atoms with Crippen LogP contribution in [0.1, 0.15) is 10.4 Å². The maximum atomic E-state index is 11.4. The van der Waals surface area contributed by atoms with Crippen LogP contribution in [0, 0.1) is 0 Å². The summed E-state index contributed by atoms with van der Waals surface area (Å²) in [4.78, 5) is 11.4. The maximum absolute atomic E-state index is 11.4. The Morgan fingerprint density at radius 2 is 1.71 bits per heavy atom. The van der Waals surface area contributed by atoms with E-state index in [1.165, 1.54) is 0 Å². The average Bonchev–Trinajstić information content (AvgIpc) is 2.56. The van der Waals surface area contributed by atoms with Crippen LogP contribution >= 0.6 is 0 Å². The lowest BCUT2D eigenvalue weighted by atomic mass is 9.99. The minimum atomic E-state index is -1.72. The molecule has 24 heavy (non-hydrogen) atoms. The molecule has 0 saturated carbocycles. The van der Waals surface area contributed by atoms with E-state index in [2.05, 4.69) is 4.74 Å². The fraction of sp³-hybridized carbons (Fsp3) is 0.500. The summed E-state index contributed by atoms with van der Waals surface area (Å²) in [5.74, 6) is -2.62. The first kappa shape index (κ1) is 18.2. The van der Waals surface area contributed by atoms with Gasteiger partial charge in [-0.2, -0.15) is 0 Å². The number of ether oxygens (including phenoxy) is 3. The van der Waals surface area contributed by atoms with Crippen LogP contribution in [0.15, 0.2) is 12.1 Å². The van der Waals surface area contributed by atoms with E-state index in [4.69, 9.17) is 14.6 Å². The van der Waals surface area contributed by atoms with Crippen LogP contribution in [0.4, 0.5) is 0 Å². The number of aliphatic hydroxyl groups excluding tert-OH is 4. The number of hydrogen-bond donors (Lipinski definition) is 6. The van der Waals surface area contributed by atoms with Gasteiger partial charge in [-0.25, -0.2) is 4.79 Å². The molecule has 2 rings (SSSR count). The molecule has 134 valence electrons. The average molecular weight is 346 g/mol. The molecule has 0 amide bonds. The highest BCUT2D eigenvalue weighted by Crippen LogP contribution is 2.39. The first-order valence-electron chi connectivity index (χ1n) is 6.91. The Balaban J connectivity index is 2.25. The highest BCUT2D eigenvalue weighted by atomic mass is 16.7. The minimum Gasteiger partial charge on any atom is -0.504 e. The lowest BCUT2D eigenvalue weighted by molar-refractivity contribution is -0.277. The van der Waals surface area contributed by atoms with Crippen LogP contribution in [0.5, 0.6) is 17.2 Å². The summed E-state index contributed by atoms with van der Waals surface area (Å²) in [7, 11) is 1.12. The number of rotatable bonds is 4. The molecule has 1 aromatic carbocycles. The van der Waals surface area contributed by atoms with Gasteiger partial charge in [0.2, 0.25) is 12.0 Å². The van der Waals surface area contributed by atoms with Crippen LogP contribution in [0.3, 0.4) is 0 Å². The van der Waals surface area contributed by atoms with Crippen molar-refractivity contribution in [3.05, 3.63) is 17.7 Å². The van der Waals surface area contributed by atoms with Crippen molar-refractivity contribution in [2.24, 2.45) is 0 Å². The zero-order valence-electron chi connectivity index (χ0n) is 12.6. The van der Waals surface area contributed by atoms with Gasteiger partial charge in [-0.15, -0.1) is 0 Å². The van der Waals surface area contributed by atoms with Crippen molar-refractivity contribution in [3.8, 4) is 17.2 Å². The predicted octanol–water partition coefficient (Wildman–Crippen LogP) is -1.94. The van der Waals surface area contributed by atoms with Crippen molar-refractivity contribution in [2.75, 3.05) is 13.7 Å². The van der Waals surface area contributed by atoms with Gasteiger partial charge < -0.3 is 44.8 Å². The van der Waals surface area contributed by atoms with Crippen LogP contribution in [-0.4, -0.2) is 81.0 Å². The van der Waals surface area contributed by atoms with Gasteiger partial charge in [0.15, 0.2) is 11.5 Å². The SMILES string of the molecule is COC(=O)c1cc(O)c(O[C@H]2O[C@H](CO)[C@@H](O)[C@H](O)[C@H]2O)c(O)c1. The van der Waals surface area contributed by atoms with E-state index < -0.39 is 60.5 Å². The highest BCUT2D eigenvalue weighted by molar-refractivity contribution is 5.91. The summed E-state index contributed by atoms with van der Waals surface area (Å²) in [6.45, 7) is -0.663. The van der Waals surface area contributed by atoms with Gasteiger partial charge in [0.1, 0.15) is 24.4 Å².